The first kappa shape index (κ1) is 17.7. The maximum Gasteiger partial charge on any atom is 0.251 e. The summed E-state index contributed by atoms with van der Waals surface area (Å²) in [6.07, 6.45) is 3.50. The molecule has 1 aromatic carbocycles. The van der Waals surface area contributed by atoms with Crippen LogP contribution in [0.25, 0.3) is 11.1 Å². The predicted molar refractivity (Wildman–Crippen MR) is 109 cm³/mol. The number of amides is 1. The zero-order valence-electron chi connectivity index (χ0n) is 14.9. The summed E-state index contributed by atoms with van der Waals surface area (Å²) in [7, 11) is 0. The maximum absolute atomic E-state index is 12.2. The van der Waals surface area contributed by atoms with E-state index >= 15 is 0 Å². The number of nitrogens with zero attached hydrogens (tertiary/aromatic N) is 2. The summed E-state index contributed by atoms with van der Waals surface area (Å²) < 4.78 is 5.22. The zero-order chi connectivity index (χ0) is 18.5. The molecule has 0 aliphatic carbocycles. The number of carbonyl (C=O) groups excluding carboxylic acids is 1. The van der Waals surface area contributed by atoms with Crippen molar-refractivity contribution in [2.45, 2.75) is 6.54 Å². The Labute approximate surface area is 162 Å². The monoisotopic (exact) mass is 379 g/mol. The van der Waals surface area contributed by atoms with Gasteiger partial charge in [0.2, 0.25) is 0 Å². The van der Waals surface area contributed by atoms with Crippen LogP contribution in [0.5, 0.6) is 0 Å². The molecule has 27 heavy (non-hydrogen) atoms. The van der Waals surface area contributed by atoms with Crippen molar-refractivity contribution in [3.63, 3.8) is 0 Å². The Kier molecular flexibility index (Phi) is 5.44. The van der Waals surface area contributed by atoms with Crippen LogP contribution in [0.4, 0.5) is 5.82 Å². The van der Waals surface area contributed by atoms with Gasteiger partial charge in [0.05, 0.1) is 12.8 Å². The molecule has 1 N–H and O–H groups in total. The summed E-state index contributed by atoms with van der Waals surface area (Å²) in [5.41, 5.74) is 2.72. The number of aromatic nitrogens is 1. The molecule has 4 rings (SSSR count). The lowest BCUT2D eigenvalue weighted by Crippen LogP contribution is -2.32. The molecule has 0 atom stereocenters. The third-order valence-corrected chi connectivity index (χ3v) is 5.51. The van der Waals surface area contributed by atoms with Crippen molar-refractivity contribution in [1.29, 1.82) is 0 Å². The summed E-state index contributed by atoms with van der Waals surface area (Å²) >= 11 is 1.99. The lowest BCUT2D eigenvalue weighted by Gasteiger charge is -2.27. The van der Waals surface area contributed by atoms with Crippen LogP contribution in [0.15, 0.2) is 65.4 Å². The fraction of sp³-hybridized carbons (Fsp3) is 0.238. The van der Waals surface area contributed by atoms with E-state index in [9.17, 15) is 4.79 Å². The molecule has 1 aliphatic heterocycles. The van der Waals surface area contributed by atoms with Gasteiger partial charge in [0.25, 0.3) is 5.91 Å². The number of furan rings is 1. The van der Waals surface area contributed by atoms with Gasteiger partial charge in [-0.1, -0.05) is 12.1 Å². The van der Waals surface area contributed by atoms with Crippen molar-refractivity contribution in [1.82, 2.24) is 10.3 Å². The van der Waals surface area contributed by atoms with Gasteiger partial charge >= 0.3 is 0 Å². The average molecular weight is 379 g/mol. The highest BCUT2D eigenvalue weighted by Crippen LogP contribution is 2.23. The average Bonchev–Trinajstić information content (AvgIpc) is 3.27. The number of anilines is 1. The van der Waals surface area contributed by atoms with Gasteiger partial charge in [-0.15, -0.1) is 0 Å². The van der Waals surface area contributed by atoms with Crippen LogP contribution in [0, 0.1) is 0 Å². The predicted octanol–water partition coefficient (Wildman–Crippen LogP) is 3.82. The van der Waals surface area contributed by atoms with Gasteiger partial charge in [-0.2, -0.15) is 11.8 Å². The Hall–Kier alpha value is -2.73. The molecule has 3 aromatic rings. The molecule has 0 spiro atoms. The first-order chi connectivity index (χ1) is 13.3. The Bertz CT molecular complexity index is 871. The van der Waals surface area contributed by atoms with E-state index in [1.165, 1.54) is 0 Å². The van der Waals surface area contributed by atoms with E-state index in [2.05, 4.69) is 27.3 Å². The maximum atomic E-state index is 12.2. The number of nitrogens with one attached hydrogen (secondary N) is 1. The minimum absolute atomic E-state index is 0.116. The highest BCUT2D eigenvalue weighted by atomic mass is 32.2. The molecule has 0 saturated carbocycles. The quantitative estimate of drug-likeness (QED) is 0.730. The van der Waals surface area contributed by atoms with Crippen molar-refractivity contribution in [2.24, 2.45) is 0 Å². The number of benzene rings is 1. The van der Waals surface area contributed by atoms with E-state index in [0.717, 1.165) is 47.3 Å². The standard InChI is InChI=1S/C21H21N3O2S/c25-21(23-15-19-2-1-11-26-19)17-5-3-16(4-6-17)18-7-8-20(22-14-18)24-9-12-27-13-10-24/h1-8,11,14H,9-10,12-13,15H2,(H,23,25). The largest absolute Gasteiger partial charge is 0.467 e. The first-order valence-electron chi connectivity index (χ1n) is 8.99. The number of pyridine rings is 1. The van der Waals surface area contributed by atoms with E-state index in [-0.39, 0.29) is 5.91 Å². The highest BCUT2D eigenvalue weighted by Gasteiger charge is 2.12. The first-order valence-corrected chi connectivity index (χ1v) is 10.1. The molecule has 1 aliphatic rings. The topological polar surface area (TPSA) is 58.4 Å². The zero-order valence-corrected chi connectivity index (χ0v) is 15.7. The molecular weight excluding hydrogens is 358 g/mol. The molecule has 0 bridgehead atoms. The number of hydrogen-bond acceptors (Lipinski definition) is 5. The van der Waals surface area contributed by atoms with Gasteiger partial charge in [-0.05, 0) is 42.0 Å². The molecule has 2 aromatic heterocycles. The number of carbonyl (C=O) groups is 1. The number of hydrogen-bond donors (Lipinski definition) is 1. The van der Waals surface area contributed by atoms with Crippen molar-refractivity contribution in [3.8, 4) is 11.1 Å². The fourth-order valence-corrected chi connectivity index (χ4v) is 3.94. The Morgan fingerprint density at radius 1 is 1.07 bits per heavy atom. The molecule has 1 amide bonds. The summed E-state index contributed by atoms with van der Waals surface area (Å²) in [5, 5.41) is 2.85. The minimum atomic E-state index is -0.116. The van der Waals surface area contributed by atoms with Crippen LogP contribution in [0.2, 0.25) is 0 Å². The highest BCUT2D eigenvalue weighted by molar-refractivity contribution is 7.99. The SMILES string of the molecule is O=C(NCc1ccco1)c1ccc(-c2ccc(N3CCSCC3)nc2)cc1. The van der Waals surface area contributed by atoms with Gasteiger partial charge < -0.3 is 14.6 Å². The third-order valence-electron chi connectivity index (χ3n) is 4.57. The third kappa shape index (κ3) is 4.34. The Morgan fingerprint density at radius 3 is 2.52 bits per heavy atom. The van der Waals surface area contributed by atoms with Gasteiger partial charge in [-0.25, -0.2) is 4.98 Å². The van der Waals surface area contributed by atoms with E-state index in [1.54, 1.807) is 12.3 Å². The second-order valence-corrected chi connectivity index (χ2v) is 7.57. The molecule has 3 heterocycles. The molecule has 0 radical (unpaired) electrons. The molecular formula is C21H21N3O2S. The van der Waals surface area contributed by atoms with Crippen molar-refractivity contribution in [2.75, 3.05) is 29.5 Å². The summed E-state index contributed by atoms with van der Waals surface area (Å²) in [5.74, 6) is 3.97. The van der Waals surface area contributed by atoms with E-state index in [0.29, 0.717) is 12.1 Å². The lowest BCUT2D eigenvalue weighted by atomic mass is 10.1. The number of thioether (sulfide) groups is 1. The molecule has 1 saturated heterocycles. The molecule has 5 nitrogen and oxygen atoms in total. The minimum Gasteiger partial charge on any atom is -0.467 e. The van der Waals surface area contributed by atoms with Crippen molar-refractivity contribution >= 4 is 23.5 Å². The smallest absolute Gasteiger partial charge is 0.251 e. The van der Waals surface area contributed by atoms with Crippen LogP contribution >= 0.6 is 11.8 Å². The van der Waals surface area contributed by atoms with E-state index in [1.807, 2.05) is 48.3 Å². The Balaban J connectivity index is 1.40. The molecule has 1 fully saturated rings. The normalized spacial score (nSPS) is 14.1. The summed E-state index contributed by atoms with van der Waals surface area (Å²) in [6.45, 7) is 2.49. The van der Waals surface area contributed by atoms with E-state index in [4.69, 9.17) is 4.42 Å². The summed E-state index contributed by atoms with van der Waals surface area (Å²) in [4.78, 5) is 19.2. The lowest BCUT2D eigenvalue weighted by molar-refractivity contribution is 0.0948. The van der Waals surface area contributed by atoms with Gasteiger partial charge in [0, 0.05) is 41.9 Å². The summed E-state index contributed by atoms with van der Waals surface area (Å²) in [6, 6.07) is 15.4. The van der Waals surface area contributed by atoms with E-state index < -0.39 is 0 Å². The van der Waals surface area contributed by atoms with Crippen LogP contribution in [-0.2, 0) is 6.54 Å². The van der Waals surface area contributed by atoms with Crippen LogP contribution in [-0.4, -0.2) is 35.5 Å². The van der Waals surface area contributed by atoms with Crippen molar-refractivity contribution in [3.05, 3.63) is 72.3 Å². The van der Waals surface area contributed by atoms with Gasteiger partial charge in [0.15, 0.2) is 0 Å². The van der Waals surface area contributed by atoms with Gasteiger partial charge in [-0.3, -0.25) is 4.79 Å². The van der Waals surface area contributed by atoms with Crippen LogP contribution in [0.1, 0.15) is 16.1 Å². The molecule has 138 valence electrons. The fourth-order valence-electron chi connectivity index (χ4n) is 3.03. The van der Waals surface area contributed by atoms with Crippen LogP contribution in [0.3, 0.4) is 0 Å². The number of rotatable bonds is 5. The van der Waals surface area contributed by atoms with Crippen molar-refractivity contribution < 1.29 is 9.21 Å². The van der Waals surface area contributed by atoms with Gasteiger partial charge in [0.1, 0.15) is 11.6 Å². The Morgan fingerprint density at radius 2 is 1.85 bits per heavy atom. The van der Waals surface area contributed by atoms with Crippen LogP contribution < -0.4 is 10.2 Å². The molecule has 6 heteroatoms. The second kappa shape index (κ2) is 8.31. The molecule has 0 unspecified atom stereocenters. The second-order valence-electron chi connectivity index (χ2n) is 6.34.